The SMILES string of the molecule is COCCN1CN(C(c2ccccc2)c2ccccc2)n2cc(C(=O)O)c(=O)c(OCc3ccccc3)c2C1=O. The number of methoxy groups -OCH3 is 1. The van der Waals surface area contributed by atoms with Crippen molar-refractivity contribution in [3.8, 4) is 5.75 Å². The molecule has 9 heteroatoms. The highest BCUT2D eigenvalue weighted by Gasteiger charge is 2.38. The Morgan fingerprint density at radius 3 is 2.02 bits per heavy atom. The van der Waals surface area contributed by atoms with E-state index in [2.05, 4.69) is 0 Å². The molecule has 1 N–H and O–H groups in total. The maximum atomic E-state index is 13.9. The second kappa shape index (κ2) is 11.9. The number of carboxylic acids is 1. The monoisotopic (exact) mass is 539 g/mol. The van der Waals surface area contributed by atoms with Crippen LogP contribution < -0.4 is 15.2 Å². The zero-order valence-corrected chi connectivity index (χ0v) is 22.0. The van der Waals surface area contributed by atoms with Crippen LogP contribution in [0.1, 0.15) is 43.6 Å². The van der Waals surface area contributed by atoms with Crippen LogP contribution in [0.4, 0.5) is 0 Å². The normalized spacial score (nSPS) is 12.9. The largest absolute Gasteiger partial charge is 0.482 e. The summed E-state index contributed by atoms with van der Waals surface area (Å²) in [6, 6.07) is 28.2. The molecule has 40 heavy (non-hydrogen) atoms. The fraction of sp³-hybridized carbons (Fsp3) is 0.194. The van der Waals surface area contributed by atoms with Gasteiger partial charge in [0, 0.05) is 19.9 Å². The van der Waals surface area contributed by atoms with Gasteiger partial charge in [0.15, 0.2) is 11.4 Å². The summed E-state index contributed by atoms with van der Waals surface area (Å²) in [6.45, 7) is 0.635. The molecule has 1 aliphatic rings. The Hall–Kier alpha value is -4.89. The molecule has 0 spiro atoms. The molecule has 0 bridgehead atoms. The first-order chi connectivity index (χ1) is 19.5. The van der Waals surface area contributed by atoms with Gasteiger partial charge in [0.25, 0.3) is 5.91 Å². The molecule has 1 aliphatic heterocycles. The standard InChI is InChI=1S/C31H29N3O6/c1-39-18-17-32-21-34(26(23-13-7-3-8-14-23)24-15-9-4-10-16-24)33-19-25(31(37)38)28(35)29(27(33)30(32)36)40-20-22-11-5-2-6-12-22/h2-16,19,26H,17-18,20-21H2,1H3,(H,37,38). The third-order valence-electron chi connectivity index (χ3n) is 6.78. The van der Waals surface area contributed by atoms with Gasteiger partial charge >= 0.3 is 5.97 Å². The van der Waals surface area contributed by atoms with Crippen LogP contribution in [0.2, 0.25) is 0 Å². The Balaban J connectivity index is 1.73. The van der Waals surface area contributed by atoms with Crippen LogP contribution in [0.25, 0.3) is 0 Å². The second-order valence-electron chi connectivity index (χ2n) is 9.34. The van der Waals surface area contributed by atoms with Crippen LogP contribution in [0.15, 0.2) is 102 Å². The predicted octanol–water partition coefficient (Wildman–Crippen LogP) is 3.91. The van der Waals surface area contributed by atoms with Gasteiger partial charge in [-0.15, -0.1) is 0 Å². The van der Waals surface area contributed by atoms with Crippen molar-refractivity contribution in [2.75, 3.05) is 31.9 Å². The number of pyridine rings is 1. The van der Waals surface area contributed by atoms with E-state index in [9.17, 15) is 19.5 Å². The van der Waals surface area contributed by atoms with Crippen molar-refractivity contribution < 1.29 is 24.2 Å². The van der Waals surface area contributed by atoms with E-state index in [-0.39, 0.29) is 37.9 Å². The molecule has 0 saturated carbocycles. The summed E-state index contributed by atoms with van der Waals surface area (Å²) in [7, 11) is 1.55. The molecular weight excluding hydrogens is 510 g/mol. The highest BCUT2D eigenvalue weighted by atomic mass is 16.5. The highest BCUT2D eigenvalue weighted by molar-refractivity contribution is 5.98. The van der Waals surface area contributed by atoms with E-state index >= 15 is 0 Å². The zero-order valence-electron chi connectivity index (χ0n) is 22.0. The smallest absolute Gasteiger partial charge is 0.341 e. The number of aromatic nitrogens is 1. The molecule has 1 amide bonds. The molecule has 0 radical (unpaired) electrons. The van der Waals surface area contributed by atoms with Gasteiger partial charge in [-0.1, -0.05) is 91.0 Å². The summed E-state index contributed by atoms with van der Waals surface area (Å²) in [5, 5.41) is 11.8. The van der Waals surface area contributed by atoms with Crippen LogP contribution in [-0.2, 0) is 11.3 Å². The van der Waals surface area contributed by atoms with E-state index in [0.29, 0.717) is 0 Å². The van der Waals surface area contributed by atoms with E-state index < -0.39 is 28.9 Å². The first-order valence-electron chi connectivity index (χ1n) is 12.8. The van der Waals surface area contributed by atoms with Crippen molar-refractivity contribution in [3.63, 3.8) is 0 Å². The zero-order chi connectivity index (χ0) is 28.1. The predicted molar refractivity (Wildman–Crippen MR) is 149 cm³/mol. The Morgan fingerprint density at radius 2 is 1.48 bits per heavy atom. The molecule has 3 aromatic carbocycles. The van der Waals surface area contributed by atoms with Crippen molar-refractivity contribution in [2.45, 2.75) is 12.6 Å². The Kier molecular flexibility index (Phi) is 7.93. The summed E-state index contributed by atoms with van der Waals surface area (Å²) >= 11 is 0. The molecule has 204 valence electrons. The van der Waals surface area contributed by atoms with E-state index in [4.69, 9.17) is 9.47 Å². The van der Waals surface area contributed by atoms with Crippen LogP contribution in [0.3, 0.4) is 0 Å². The molecule has 9 nitrogen and oxygen atoms in total. The average Bonchev–Trinajstić information content (AvgIpc) is 2.98. The number of benzene rings is 3. The van der Waals surface area contributed by atoms with Gasteiger partial charge in [-0.25, -0.2) is 4.79 Å². The number of fused-ring (bicyclic) bond motifs is 1. The molecule has 1 aromatic heterocycles. The van der Waals surface area contributed by atoms with E-state index in [1.54, 1.807) is 12.0 Å². The van der Waals surface area contributed by atoms with Crippen LogP contribution >= 0.6 is 0 Å². The Labute approximate surface area is 231 Å². The Morgan fingerprint density at radius 1 is 0.900 bits per heavy atom. The van der Waals surface area contributed by atoms with Gasteiger partial charge in [0.05, 0.1) is 12.6 Å². The molecule has 0 atom stereocenters. The minimum Gasteiger partial charge on any atom is -0.482 e. The number of hydrogen-bond acceptors (Lipinski definition) is 6. The van der Waals surface area contributed by atoms with E-state index in [1.807, 2.05) is 96.0 Å². The van der Waals surface area contributed by atoms with Gasteiger partial charge in [-0.2, -0.15) is 0 Å². The molecule has 2 heterocycles. The lowest BCUT2D eigenvalue weighted by atomic mass is 9.98. The number of amides is 1. The number of hydrogen-bond donors (Lipinski definition) is 1. The fourth-order valence-electron chi connectivity index (χ4n) is 4.84. The topological polar surface area (TPSA) is 101 Å². The van der Waals surface area contributed by atoms with Crippen LogP contribution in [0.5, 0.6) is 5.75 Å². The van der Waals surface area contributed by atoms with Gasteiger partial charge in [-0.05, 0) is 16.7 Å². The number of carbonyl (C=O) groups excluding carboxylic acids is 1. The summed E-state index contributed by atoms with van der Waals surface area (Å²) in [5.74, 6) is -2.17. The molecule has 0 saturated heterocycles. The molecular formula is C31H29N3O6. The lowest BCUT2D eigenvalue weighted by Crippen LogP contribution is -2.56. The second-order valence-corrected chi connectivity index (χ2v) is 9.34. The maximum absolute atomic E-state index is 13.9. The van der Waals surface area contributed by atoms with Gasteiger partial charge in [0.2, 0.25) is 5.43 Å². The average molecular weight is 540 g/mol. The number of rotatable bonds is 10. The first kappa shape index (κ1) is 26.7. The number of carbonyl (C=O) groups is 2. The molecule has 0 aliphatic carbocycles. The summed E-state index contributed by atoms with van der Waals surface area (Å²) in [5.41, 5.74) is 1.22. The van der Waals surface area contributed by atoms with Crippen molar-refractivity contribution in [1.29, 1.82) is 0 Å². The first-order valence-corrected chi connectivity index (χ1v) is 12.8. The quantitative estimate of drug-likeness (QED) is 0.326. The lowest BCUT2D eigenvalue weighted by molar-refractivity contribution is 0.0604. The van der Waals surface area contributed by atoms with Crippen LogP contribution in [0, 0.1) is 0 Å². The molecule has 0 fully saturated rings. The minimum atomic E-state index is -1.41. The van der Waals surface area contributed by atoms with Crippen molar-refractivity contribution >= 4 is 11.9 Å². The van der Waals surface area contributed by atoms with Gasteiger partial charge in [0.1, 0.15) is 18.8 Å². The maximum Gasteiger partial charge on any atom is 0.341 e. The lowest BCUT2D eigenvalue weighted by Gasteiger charge is -2.44. The van der Waals surface area contributed by atoms with Gasteiger partial charge in [-0.3, -0.25) is 19.3 Å². The fourth-order valence-corrected chi connectivity index (χ4v) is 4.84. The third kappa shape index (κ3) is 5.32. The van der Waals surface area contributed by atoms with Crippen molar-refractivity contribution in [1.82, 2.24) is 9.58 Å². The number of ether oxygens (including phenoxy) is 2. The number of nitrogens with zero attached hydrogens (tertiary/aromatic N) is 3. The highest BCUT2D eigenvalue weighted by Crippen LogP contribution is 2.33. The van der Waals surface area contributed by atoms with E-state index in [1.165, 1.54) is 10.9 Å². The molecule has 5 rings (SSSR count). The summed E-state index contributed by atoms with van der Waals surface area (Å²) in [4.78, 5) is 41.2. The summed E-state index contributed by atoms with van der Waals surface area (Å²) in [6.07, 6.45) is 1.22. The number of aromatic carboxylic acids is 1. The van der Waals surface area contributed by atoms with Crippen molar-refractivity contribution in [2.24, 2.45) is 0 Å². The van der Waals surface area contributed by atoms with Crippen molar-refractivity contribution in [3.05, 3.63) is 135 Å². The van der Waals surface area contributed by atoms with Gasteiger partial charge < -0.3 is 19.5 Å². The number of carboxylic acid groups (broad SMARTS) is 1. The summed E-state index contributed by atoms with van der Waals surface area (Å²) < 4.78 is 12.7. The Bertz CT molecular complexity index is 1500. The minimum absolute atomic E-state index is 0.0156. The van der Waals surface area contributed by atoms with E-state index in [0.717, 1.165) is 16.7 Å². The molecule has 0 unspecified atom stereocenters. The molecule has 4 aromatic rings. The third-order valence-corrected chi connectivity index (χ3v) is 6.78. The van der Waals surface area contributed by atoms with Crippen LogP contribution in [-0.4, -0.2) is 53.5 Å².